The number of hydrogen-bond donors (Lipinski definition) is 6. The molecule has 0 bridgehead atoms. The predicted octanol–water partition coefficient (Wildman–Crippen LogP) is 4.84. The lowest BCUT2D eigenvalue weighted by atomic mass is 9.71. The molecule has 0 saturated carbocycles. The first-order valence-corrected chi connectivity index (χ1v) is 21.0. The Kier molecular flexibility index (Phi) is 10.0. The Morgan fingerprint density at radius 2 is 0.870 bits per heavy atom. The molecule has 0 saturated heterocycles. The number of primary sulfonamides is 2. The first-order valence-electron chi connectivity index (χ1n) is 17.9. The van der Waals surface area contributed by atoms with Crippen molar-refractivity contribution in [3.8, 4) is 11.1 Å². The van der Waals surface area contributed by atoms with Crippen LogP contribution in [-0.4, -0.2) is 39.7 Å². The number of rotatable bonds is 9. The number of fused-ring (bicyclic) bond motifs is 2. The Balaban J connectivity index is 1.66. The molecule has 12 nitrogen and oxygen atoms in total. The maximum Gasteiger partial charge on any atom is 0.223 e. The monoisotopic (exact) mass is 766 g/mol. The lowest BCUT2D eigenvalue weighted by molar-refractivity contribution is 0.553. The zero-order valence-electron chi connectivity index (χ0n) is 30.8. The van der Waals surface area contributed by atoms with E-state index < -0.39 is 29.5 Å². The molecule has 0 aliphatic heterocycles. The van der Waals surface area contributed by atoms with Gasteiger partial charge in [0.25, 0.3) is 0 Å². The van der Waals surface area contributed by atoms with E-state index in [1.165, 1.54) is 0 Å². The van der Waals surface area contributed by atoms with Crippen LogP contribution in [-0.2, 0) is 55.2 Å². The fourth-order valence-corrected chi connectivity index (χ4v) is 11.5. The smallest absolute Gasteiger partial charge is 0.223 e. The Morgan fingerprint density at radius 3 is 1.13 bits per heavy atom. The molecule has 10 N–H and O–H groups in total. The predicted molar refractivity (Wildman–Crippen MR) is 216 cm³/mol. The van der Waals surface area contributed by atoms with Crippen LogP contribution in [0.1, 0.15) is 96.2 Å². The van der Waals surface area contributed by atoms with E-state index >= 15 is 0 Å². The van der Waals surface area contributed by atoms with E-state index in [9.17, 15) is 16.8 Å². The van der Waals surface area contributed by atoms with Crippen LogP contribution in [0.25, 0.3) is 11.1 Å². The fraction of sp³-hybridized carbons (Fsp3) is 0.300. The molecule has 0 heterocycles. The molecule has 14 heteroatoms. The van der Waals surface area contributed by atoms with Crippen LogP contribution in [0.3, 0.4) is 0 Å². The van der Waals surface area contributed by atoms with Crippen molar-refractivity contribution in [2.24, 2.45) is 32.2 Å². The van der Waals surface area contributed by atoms with Crippen molar-refractivity contribution in [1.29, 1.82) is 10.8 Å². The first kappa shape index (κ1) is 38.7. The number of aryl methyl sites for hydroxylation is 4. The summed E-state index contributed by atoms with van der Waals surface area (Å²) in [6, 6.07) is 21.7. The van der Waals surface area contributed by atoms with Crippen LogP contribution >= 0.6 is 0 Å². The van der Waals surface area contributed by atoms with E-state index in [-0.39, 0.29) is 35.7 Å². The van der Waals surface area contributed by atoms with Crippen molar-refractivity contribution in [3.05, 3.63) is 128 Å². The van der Waals surface area contributed by atoms with Gasteiger partial charge in [0.15, 0.2) is 0 Å². The highest BCUT2D eigenvalue weighted by molar-refractivity contribution is 7.90. The maximum absolute atomic E-state index is 14.1. The van der Waals surface area contributed by atoms with Crippen LogP contribution in [0.2, 0.25) is 0 Å². The van der Waals surface area contributed by atoms with Gasteiger partial charge in [-0.25, -0.2) is 27.1 Å². The minimum Gasteiger partial charge on any atom is -0.323 e. The van der Waals surface area contributed by atoms with Gasteiger partial charge < -0.3 is 11.7 Å². The van der Waals surface area contributed by atoms with Crippen LogP contribution in [0.15, 0.2) is 83.0 Å². The third-order valence-electron chi connectivity index (χ3n) is 11.2. The Morgan fingerprint density at radius 1 is 0.574 bits per heavy atom. The minimum absolute atomic E-state index is 0.0546. The number of hydrogen-bond acceptors (Lipinski definition) is 10. The van der Waals surface area contributed by atoms with E-state index in [1.54, 1.807) is 48.5 Å². The van der Waals surface area contributed by atoms with Gasteiger partial charge in [0.1, 0.15) is 9.49 Å². The summed E-state index contributed by atoms with van der Waals surface area (Å²) < 4.78 is 52.8. The Bertz CT molecular complexity index is 2300. The number of nitrogens with two attached hydrogens (primary N) is 4. The number of nitrogens with zero attached hydrogens (tertiary/aromatic N) is 2. The van der Waals surface area contributed by atoms with Gasteiger partial charge in [-0.3, -0.25) is 10.8 Å². The van der Waals surface area contributed by atoms with E-state index in [2.05, 4.69) is 10.2 Å². The molecule has 4 aromatic rings. The first-order chi connectivity index (χ1) is 25.6. The summed E-state index contributed by atoms with van der Waals surface area (Å²) >= 11 is 0. The summed E-state index contributed by atoms with van der Waals surface area (Å²) in [5.41, 5.74) is 7.73. The summed E-state index contributed by atoms with van der Waals surface area (Å²) in [4.78, 5) is 0. The molecule has 2 unspecified atom stereocenters. The SMILES string of the molecule is CCc1cc(-c2cc(CC)c(C3(S(N)(=O)=O)CC(=NN)C(=N)c4ccccc43)c(CC)c2)cc(CC)c1C1(S(N)(=O)=O)CC(=NN)C(=N)c2ccccc21. The maximum atomic E-state index is 14.1. The topological polar surface area (TPSA) is 245 Å². The number of hydrazone groups is 2. The highest BCUT2D eigenvalue weighted by atomic mass is 32.2. The molecule has 6 rings (SSSR count). The van der Waals surface area contributed by atoms with Crippen LogP contribution < -0.4 is 22.0 Å². The molecule has 2 aliphatic carbocycles. The second kappa shape index (κ2) is 14.0. The van der Waals surface area contributed by atoms with Gasteiger partial charge >= 0.3 is 0 Å². The van der Waals surface area contributed by atoms with Gasteiger partial charge in [0.05, 0.1) is 22.8 Å². The largest absolute Gasteiger partial charge is 0.323 e. The van der Waals surface area contributed by atoms with Gasteiger partial charge in [-0.2, -0.15) is 10.2 Å². The van der Waals surface area contributed by atoms with Gasteiger partial charge in [-0.15, -0.1) is 0 Å². The van der Waals surface area contributed by atoms with Crippen LogP contribution in [0.5, 0.6) is 0 Å². The van der Waals surface area contributed by atoms with Gasteiger partial charge in [0.2, 0.25) is 20.0 Å². The summed E-state index contributed by atoms with van der Waals surface area (Å²) in [6.07, 6.45) is 1.43. The molecule has 2 aliphatic rings. The van der Waals surface area contributed by atoms with Crippen LogP contribution in [0.4, 0.5) is 0 Å². The molecule has 0 amide bonds. The number of sulfonamides is 2. The van der Waals surface area contributed by atoms with Crippen molar-refractivity contribution in [2.75, 3.05) is 0 Å². The van der Waals surface area contributed by atoms with Crippen molar-refractivity contribution < 1.29 is 16.8 Å². The normalized spacial score (nSPS) is 21.7. The van der Waals surface area contributed by atoms with Crippen molar-refractivity contribution in [2.45, 2.75) is 75.7 Å². The lowest BCUT2D eigenvalue weighted by Crippen LogP contribution is -2.50. The molecule has 0 spiro atoms. The minimum atomic E-state index is -4.39. The molecule has 2 atom stereocenters. The Hall–Kier alpha value is -5.02. The second-order valence-electron chi connectivity index (χ2n) is 13.8. The van der Waals surface area contributed by atoms with E-state index in [1.807, 2.05) is 52.0 Å². The molecular formula is C40H46N8O4S2. The van der Waals surface area contributed by atoms with E-state index in [4.69, 9.17) is 32.8 Å². The molecule has 282 valence electrons. The number of nitrogens with one attached hydrogen (secondary N) is 2. The molecule has 0 radical (unpaired) electrons. The molecule has 0 aromatic heterocycles. The molecule has 4 aromatic carbocycles. The third-order valence-corrected chi connectivity index (χ3v) is 14.3. The molecule has 54 heavy (non-hydrogen) atoms. The molecule has 0 fully saturated rings. The van der Waals surface area contributed by atoms with Crippen molar-refractivity contribution >= 4 is 42.9 Å². The van der Waals surface area contributed by atoms with Crippen LogP contribution in [0, 0.1) is 10.8 Å². The molecular weight excluding hydrogens is 721 g/mol. The van der Waals surface area contributed by atoms with E-state index in [0.29, 0.717) is 59.1 Å². The highest BCUT2D eigenvalue weighted by Crippen LogP contribution is 2.51. The van der Waals surface area contributed by atoms with Crippen molar-refractivity contribution in [1.82, 2.24) is 0 Å². The van der Waals surface area contributed by atoms with E-state index in [0.717, 1.165) is 33.4 Å². The fourth-order valence-electron chi connectivity index (χ4n) is 8.74. The summed E-state index contributed by atoms with van der Waals surface area (Å²) in [5, 5.41) is 37.8. The average Bonchev–Trinajstić information content (AvgIpc) is 3.16. The van der Waals surface area contributed by atoms with Crippen molar-refractivity contribution in [3.63, 3.8) is 0 Å². The zero-order chi connectivity index (χ0) is 39.4. The summed E-state index contributed by atoms with van der Waals surface area (Å²) in [7, 11) is -8.79. The summed E-state index contributed by atoms with van der Waals surface area (Å²) in [6.45, 7) is 7.82. The van der Waals surface area contributed by atoms with Gasteiger partial charge in [-0.05, 0) is 81.3 Å². The lowest BCUT2D eigenvalue weighted by Gasteiger charge is -2.41. The zero-order valence-corrected chi connectivity index (χ0v) is 32.5. The van der Waals surface area contributed by atoms with Gasteiger partial charge in [0, 0.05) is 24.0 Å². The Labute approximate surface area is 316 Å². The average molecular weight is 767 g/mol. The third kappa shape index (κ3) is 5.62. The highest BCUT2D eigenvalue weighted by Gasteiger charge is 2.54. The standard InChI is InChI=1S/C40H46N8O4S2/c1-5-23-17-27(18-24(6-2)35(23)39(53(45,49)50)21-33(47-43)37(41)29-13-9-11-15-31(29)39)28-19-25(7-3)36(26(8-4)20-28)40(54(46,51)52)22-34(48-44)38(42)30-14-10-12-16-32(30)40/h9-20,41-42H,5-8,21-22,43-44H2,1-4H3,(H2,45,49,50)(H2,46,51,52). The van der Waals surface area contributed by atoms with Gasteiger partial charge in [-0.1, -0.05) is 100 Å². The quantitative estimate of drug-likeness (QED) is 0.103. The number of benzene rings is 4. The second-order valence-corrected chi connectivity index (χ2v) is 17.4. The summed E-state index contributed by atoms with van der Waals surface area (Å²) in [5.74, 6) is 11.6.